The van der Waals surface area contributed by atoms with Gasteiger partial charge in [0.15, 0.2) is 0 Å². The van der Waals surface area contributed by atoms with Gasteiger partial charge in [-0.25, -0.2) is 9.86 Å². The molecule has 0 aliphatic heterocycles. The maximum absolute atomic E-state index is 11.7. The van der Waals surface area contributed by atoms with E-state index in [2.05, 4.69) is 0 Å². The van der Waals surface area contributed by atoms with Crippen molar-refractivity contribution in [2.45, 2.75) is 6.42 Å². The number of allylic oxidation sites excluding steroid dienone is 2. The molecule has 4 atom stereocenters. The third kappa shape index (κ3) is 2.18. The molecule has 2 rings (SSSR count). The lowest BCUT2D eigenvalue weighted by atomic mass is 9.83. The van der Waals surface area contributed by atoms with E-state index in [1.54, 1.807) is 16.9 Å². The maximum Gasteiger partial charge on any atom is 0.307 e. The highest BCUT2D eigenvalue weighted by atomic mass is 32.2. The van der Waals surface area contributed by atoms with E-state index in [0.717, 1.165) is 0 Å². The van der Waals surface area contributed by atoms with Crippen molar-refractivity contribution >= 4 is 22.1 Å². The fourth-order valence-corrected chi connectivity index (χ4v) is 3.14. The molecule has 1 fully saturated rings. The Labute approximate surface area is 97.9 Å². The topological polar surface area (TPSA) is 127 Å². The van der Waals surface area contributed by atoms with Crippen LogP contribution in [0.4, 0.5) is 0 Å². The minimum absolute atomic E-state index is 0.200. The Bertz CT molecular complexity index is 498. The molecule has 94 valence electrons. The Hall–Kier alpha value is -1.41. The van der Waals surface area contributed by atoms with E-state index in [1.165, 1.54) is 0 Å². The summed E-state index contributed by atoms with van der Waals surface area (Å²) in [4.78, 5) is 22.8. The number of hydrogen-bond donors (Lipinski definition) is 3. The molecule has 1 amide bonds. The summed E-state index contributed by atoms with van der Waals surface area (Å²) in [6.45, 7) is 0. The number of nitrogens with two attached hydrogens (primary N) is 1. The van der Waals surface area contributed by atoms with Crippen LogP contribution in [-0.2, 0) is 19.8 Å². The van der Waals surface area contributed by atoms with Gasteiger partial charge in [0.25, 0.3) is 10.2 Å². The molecule has 4 N–H and O–H groups in total. The van der Waals surface area contributed by atoms with Crippen molar-refractivity contribution in [2.24, 2.45) is 28.8 Å². The summed E-state index contributed by atoms with van der Waals surface area (Å²) < 4.78 is 23.2. The van der Waals surface area contributed by atoms with E-state index >= 15 is 0 Å². The van der Waals surface area contributed by atoms with Crippen LogP contribution < -0.4 is 9.86 Å². The number of carboxylic acid groups (broad SMARTS) is 1. The first-order chi connectivity index (χ1) is 7.79. The summed E-state index contributed by atoms with van der Waals surface area (Å²) in [6, 6.07) is 0. The number of amides is 1. The van der Waals surface area contributed by atoms with Gasteiger partial charge < -0.3 is 5.11 Å². The molecule has 0 radical (unpaired) electrons. The molecule has 8 heteroatoms. The molecule has 17 heavy (non-hydrogen) atoms. The van der Waals surface area contributed by atoms with Crippen molar-refractivity contribution in [1.29, 1.82) is 0 Å². The van der Waals surface area contributed by atoms with Crippen LogP contribution in [0.2, 0.25) is 0 Å². The molecule has 2 aliphatic rings. The van der Waals surface area contributed by atoms with Crippen molar-refractivity contribution in [3.8, 4) is 0 Å². The molecule has 0 aromatic rings. The third-order valence-electron chi connectivity index (χ3n) is 3.29. The van der Waals surface area contributed by atoms with Gasteiger partial charge in [0, 0.05) is 0 Å². The Balaban J connectivity index is 2.23. The summed E-state index contributed by atoms with van der Waals surface area (Å²) in [5, 5.41) is 13.8. The summed E-state index contributed by atoms with van der Waals surface area (Å²) in [6.07, 6.45) is 4.10. The van der Waals surface area contributed by atoms with E-state index in [0.29, 0.717) is 6.42 Å². The highest BCUT2D eigenvalue weighted by molar-refractivity contribution is 7.87. The number of hydrogen-bond acceptors (Lipinski definition) is 4. The van der Waals surface area contributed by atoms with E-state index in [-0.39, 0.29) is 11.8 Å². The van der Waals surface area contributed by atoms with Crippen LogP contribution in [0.1, 0.15) is 6.42 Å². The third-order valence-corrected chi connectivity index (χ3v) is 3.78. The first-order valence-corrected chi connectivity index (χ1v) is 6.60. The maximum atomic E-state index is 11.7. The molecule has 0 aromatic heterocycles. The summed E-state index contributed by atoms with van der Waals surface area (Å²) in [7, 11) is -4.14. The zero-order valence-electron chi connectivity index (χ0n) is 8.74. The van der Waals surface area contributed by atoms with Crippen LogP contribution in [0, 0.1) is 23.7 Å². The molecule has 0 aromatic carbocycles. The summed E-state index contributed by atoms with van der Waals surface area (Å²) in [5.74, 6) is -4.07. The lowest BCUT2D eigenvalue weighted by Crippen LogP contribution is -2.44. The van der Waals surface area contributed by atoms with E-state index in [9.17, 15) is 18.0 Å². The number of carbonyl (C=O) groups excluding carboxylic acids is 1. The number of carboxylic acids is 1. The van der Waals surface area contributed by atoms with Crippen LogP contribution >= 0.6 is 0 Å². The predicted octanol–water partition coefficient (Wildman–Crippen LogP) is -1.17. The number of rotatable bonds is 3. The van der Waals surface area contributed by atoms with E-state index in [1.807, 2.05) is 0 Å². The summed E-state index contributed by atoms with van der Waals surface area (Å²) in [5.41, 5.74) is 0. The number of carbonyl (C=O) groups is 2. The zero-order valence-corrected chi connectivity index (χ0v) is 9.55. The second-order valence-electron chi connectivity index (χ2n) is 4.35. The van der Waals surface area contributed by atoms with Crippen molar-refractivity contribution < 1.29 is 23.1 Å². The van der Waals surface area contributed by atoms with Crippen LogP contribution in [0.15, 0.2) is 12.2 Å². The van der Waals surface area contributed by atoms with Gasteiger partial charge in [-0.05, 0) is 18.3 Å². The predicted molar refractivity (Wildman–Crippen MR) is 56.6 cm³/mol. The summed E-state index contributed by atoms with van der Waals surface area (Å²) >= 11 is 0. The van der Waals surface area contributed by atoms with E-state index < -0.39 is 33.9 Å². The number of nitrogens with one attached hydrogen (secondary N) is 1. The number of fused-ring (bicyclic) bond motifs is 2. The lowest BCUT2D eigenvalue weighted by Gasteiger charge is -2.23. The molecule has 0 spiro atoms. The highest BCUT2D eigenvalue weighted by Crippen LogP contribution is 2.48. The van der Waals surface area contributed by atoms with Crippen LogP contribution in [0.25, 0.3) is 0 Å². The van der Waals surface area contributed by atoms with E-state index in [4.69, 9.17) is 10.2 Å². The second kappa shape index (κ2) is 3.81. The van der Waals surface area contributed by atoms with Crippen molar-refractivity contribution in [2.75, 3.05) is 0 Å². The van der Waals surface area contributed by atoms with Gasteiger partial charge in [0.1, 0.15) is 0 Å². The molecular formula is C9H12N2O5S. The quantitative estimate of drug-likeness (QED) is 0.551. The number of aliphatic carboxylic acids is 1. The SMILES string of the molecule is NS(=O)(=O)NC(=O)[C@H]1[C@@H](C(=O)O)[C@@H]2C=C[C@@H]1C2. The minimum Gasteiger partial charge on any atom is -0.481 e. The van der Waals surface area contributed by atoms with Gasteiger partial charge >= 0.3 is 5.97 Å². The second-order valence-corrected chi connectivity index (χ2v) is 5.64. The molecule has 2 bridgehead atoms. The molecule has 0 saturated heterocycles. The van der Waals surface area contributed by atoms with Crippen LogP contribution in [0.3, 0.4) is 0 Å². The Morgan fingerprint density at radius 3 is 2.24 bits per heavy atom. The Morgan fingerprint density at radius 2 is 1.76 bits per heavy atom. The smallest absolute Gasteiger partial charge is 0.307 e. The molecule has 0 unspecified atom stereocenters. The van der Waals surface area contributed by atoms with Crippen molar-refractivity contribution in [1.82, 2.24) is 4.72 Å². The average molecular weight is 260 g/mol. The van der Waals surface area contributed by atoms with Crippen molar-refractivity contribution in [3.63, 3.8) is 0 Å². The van der Waals surface area contributed by atoms with Gasteiger partial charge in [-0.3, -0.25) is 9.59 Å². The standard InChI is InChI=1S/C9H12N2O5S/c10-17(15,16)11-8(12)6-4-1-2-5(3-4)7(6)9(13)14/h1-2,4-7H,3H2,(H,11,12)(H,13,14)(H2,10,15,16)/t4-,5-,6-,7+/m1/s1. The van der Waals surface area contributed by atoms with Gasteiger partial charge in [0.05, 0.1) is 11.8 Å². The molecule has 1 saturated carbocycles. The molecule has 0 heterocycles. The van der Waals surface area contributed by atoms with Gasteiger partial charge in [-0.1, -0.05) is 12.2 Å². The average Bonchev–Trinajstić information content (AvgIpc) is 2.72. The van der Waals surface area contributed by atoms with Crippen LogP contribution in [-0.4, -0.2) is 25.4 Å². The van der Waals surface area contributed by atoms with Gasteiger partial charge in [0.2, 0.25) is 5.91 Å². The Kier molecular flexibility index (Phi) is 2.70. The normalized spacial score (nSPS) is 34.9. The fourth-order valence-electron chi connectivity index (χ4n) is 2.72. The van der Waals surface area contributed by atoms with Crippen LogP contribution in [0.5, 0.6) is 0 Å². The molecule has 7 nitrogen and oxygen atoms in total. The lowest BCUT2D eigenvalue weighted by molar-refractivity contribution is -0.147. The monoisotopic (exact) mass is 260 g/mol. The van der Waals surface area contributed by atoms with Crippen molar-refractivity contribution in [3.05, 3.63) is 12.2 Å². The largest absolute Gasteiger partial charge is 0.481 e. The Morgan fingerprint density at radius 1 is 1.24 bits per heavy atom. The molecule has 2 aliphatic carbocycles. The first kappa shape index (κ1) is 12.1. The fraction of sp³-hybridized carbons (Fsp3) is 0.556. The van der Waals surface area contributed by atoms with Gasteiger partial charge in [-0.2, -0.15) is 8.42 Å². The molecular weight excluding hydrogens is 248 g/mol. The minimum atomic E-state index is -4.14. The zero-order chi connectivity index (χ0) is 12.8. The first-order valence-electron chi connectivity index (χ1n) is 5.05. The van der Waals surface area contributed by atoms with Gasteiger partial charge in [-0.15, -0.1) is 0 Å². The highest BCUT2D eigenvalue weighted by Gasteiger charge is 2.52.